The highest BCUT2D eigenvalue weighted by atomic mass is 19.4. The summed E-state index contributed by atoms with van der Waals surface area (Å²) >= 11 is 0. The molecule has 0 unspecified atom stereocenters. The van der Waals surface area contributed by atoms with Crippen LogP contribution in [-0.2, 0) is 10.9 Å². The lowest BCUT2D eigenvalue weighted by atomic mass is 9.99. The van der Waals surface area contributed by atoms with E-state index >= 15 is 0 Å². The minimum absolute atomic E-state index is 0.0618. The van der Waals surface area contributed by atoms with Crippen molar-refractivity contribution in [2.24, 2.45) is 0 Å². The Morgan fingerprint density at radius 3 is 2.57 bits per heavy atom. The van der Waals surface area contributed by atoms with E-state index in [4.69, 9.17) is 4.52 Å². The summed E-state index contributed by atoms with van der Waals surface area (Å²) in [7, 11) is 1.05. The highest BCUT2D eigenvalue weighted by Gasteiger charge is 2.37. The van der Waals surface area contributed by atoms with Crippen molar-refractivity contribution in [1.82, 2.24) is 5.16 Å². The van der Waals surface area contributed by atoms with E-state index in [2.05, 4.69) is 9.89 Å². The number of alkyl halides is 3. The molecular formula is C13H9F4NO3. The Morgan fingerprint density at radius 2 is 2.00 bits per heavy atom. The number of halogens is 4. The molecule has 1 aromatic carbocycles. The monoisotopic (exact) mass is 303 g/mol. The van der Waals surface area contributed by atoms with Crippen LogP contribution in [0, 0.1) is 12.7 Å². The molecule has 21 heavy (non-hydrogen) atoms. The van der Waals surface area contributed by atoms with Crippen molar-refractivity contribution in [1.29, 1.82) is 0 Å². The zero-order valence-corrected chi connectivity index (χ0v) is 10.9. The Balaban J connectivity index is 2.77. The normalized spacial score (nSPS) is 11.5. The lowest BCUT2D eigenvalue weighted by molar-refractivity contribution is -0.137. The maximum absolute atomic E-state index is 13.9. The minimum Gasteiger partial charge on any atom is -0.465 e. The Kier molecular flexibility index (Phi) is 3.71. The molecule has 0 bridgehead atoms. The zero-order valence-electron chi connectivity index (χ0n) is 10.9. The van der Waals surface area contributed by atoms with Gasteiger partial charge in [0.25, 0.3) is 0 Å². The van der Waals surface area contributed by atoms with Crippen molar-refractivity contribution >= 4 is 5.97 Å². The third-order valence-electron chi connectivity index (χ3n) is 2.81. The zero-order chi connectivity index (χ0) is 15.8. The van der Waals surface area contributed by atoms with Crippen molar-refractivity contribution in [3.63, 3.8) is 0 Å². The maximum atomic E-state index is 13.9. The number of nitrogens with zero attached hydrogens (tertiary/aromatic N) is 1. The van der Waals surface area contributed by atoms with Gasteiger partial charge in [-0.2, -0.15) is 13.2 Å². The second kappa shape index (κ2) is 5.19. The Hall–Kier alpha value is -2.38. The molecule has 0 aliphatic rings. The third-order valence-corrected chi connectivity index (χ3v) is 2.81. The Labute approximate surface area is 116 Å². The number of ether oxygens (including phenoxy) is 1. The van der Waals surface area contributed by atoms with Gasteiger partial charge in [0.15, 0.2) is 0 Å². The standard InChI is InChI=1S/C13H9F4NO3/c1-6-9(12(19)20-2)11(18-21-6)10-7(13(15,16)17)4-3-5-8(10)14/h3-5H,1-2H3. The summed E-state index contributed by atoms with van der Waals surface area (Å²) in [6.07, 6.45) is -4.81. The highest BCUT2D eigenvalue weighted by Crippen LogP contribution is 2.39. The number of hydrogen-bond acceptors (Lipinski definition) is 4. The smallest absolute Gasteiger partial charge is 0.417 e. The number of aryl methyl sites for hydroxylation is 1. The molecule has 2 aromatic rings. The number of aromatic nitrogens is 1. The quantitative estimate of drug-likeness (QED) is 0.628. The number of hydrogen-bond donors (Lipinski definition) is 0. The maximum Gasteiger partial charge on any atom is 0.417 e. The van der Waals surface area contributed by atoms with Crippen LogP contribution in [0.5, 0.6) is 0 Å². The molecule has 4 nitrogen and oxygen atoms in total. The summed E-state index contributed by atoms with van der Waals surface area (Å²) in [4.78, 5) is 11.6. The summed E-state index contributed by atoms with van der Waals surface area (Å²) in [5.41, 5.74) is -2.97. The van der Waals surface area contributed by atoms with Crippen molar-refractivity contribution < 1.29 is 31.6 Å². The van der Waals surface area contributed by atoms with Crippen molar-refractivity contribution in [2.75, 3.05) is 7.11 Å². The van der Waals surface area contributed by atoms with E-state index < -0.39 is 34.8 Å². The topological polar surface area (TPSA) is 52.3 Å². The van der Waals surface area contributed by atoms with E-state index in [1.807, 2.05) is 0 Å². The van der Waals surface area contributed by atoms with Gasteiger partial charge in [-0.3, -0.25) is 0 Å². The fraction of sp³-hybridized carbons (Fsp3) is 0.231. The Bertz CT molecular complexity index is 691. The molecule has 112 valence electrons. The van der Waals surface area contributed by atoms with Crippen LogP contribution in [0.15, 0.2) is 22.7 Å². The van der Waals surface area contributed by atoms with E-state index in [0.717, 1.165) is 19.2 Å². The molecule has 0 saturated carbocycles. The van der Waals surface area contributed by atoms with Crippen LogP contribution in [0.25, 0.3) is 11.3 Å². The van der Waals surface area contributed by atoms with Crippen LogP contribution < -0.4 is 0 Å². The largest absolute Gasteiger partial charge is 0.465 e. The van der Waals surface area contributed by atoms with Gasteiger partial charge in [-0.05, 0) is 19.1 Å². The second-order valence-corrected chi connectivity index (χ2v) is 4.11. The molecule has 0 atom stereocenters. The van der Waals surface area contributed by atoms with Gasteiger partial charge >= 0.3 is 12.1 Å². The first-order valence-electron chi connectivity index (χ1n) is 5.68. The molecule has 0 aliphatic carbocycles. The van der Waals surface area contributed by atoms with Crippen LogP contribution >= 0.6 is 0 Å². The van der Waals surface area contributed by atoms with E-state index in [1.54, 1.807) is 0 Å². The molecule has 8 heteroatoms. The summed E-state index contributed by atoms with van der Waals surface area (Å²) in [5.74, 6) is -2.18. The molecule has 0 N–H and O–H groups in total. The van der Waals surface area contributed by atoms with Crippen LogP contribution in [0.1, 0.15) is 21.7 Å². The predicted molar refractivity (Wildman–Crippen MR) is 63.0 cm³/mol. The van der Waals surface area contributed by atoms with Gasteiger partial charge in [-0.15, -0.1) is 0 Å². The van der Waals surface area contributed by atoms with Gasteiger partial charge in [0.05, 0.1) is 18.2 Å². The number of rotatable bonds is 2. The Morgan fingerprint density at radius 1 is 1.33 bits per heavy atom. The fourth-order valence-corrected chi connectivity index (χ4v) is 1.89. The minimum atomic E-state index is -4.81. The first-order valence-corrected chi connectivity index (χ1v) is 5.68. The fourth-order valence-electron chi connectivity index (χ4n) is 1.89. The highest BCUT2D eigenvalue weighted by molar-refractivity contribution is 5.97. The van der Waals surface area contributed by atoms with Crippen molar-refractivity contribution in [2.45, 2.75) is 13.1 Å². The van der Waals surface area contributed by atoms with Gasteiger partial charge in [0, 0.05) is 0 Å². The average molecular weight is 303 g/mol. The van der Waals surface area contributed by atoms with Gasteiger partial charge in [0.1, 0.15) is 22.8 Å². The summed E-state index contributed by atoms with van der Waals surface area (Å²) < 4.78 is 62.0. The van der Waals surface area contributed by atoms with Gasteiger partial charge < -0.3 is 9.26 Å². The molecule has 2 rings (SSSR count). The molecule has 0 spiro atoms. The summed E-state index contributed by atoms with van der Waals surface area (Å²) in [6.45, 7) is 1.32. The van der Waals surface area contributed by atoms with Crippen LogP contribution in [0.3, 0.4) is 0 Å². The summed E-state index contributed by atoms with van der Waals surface area (Å²) in [6, 6.07) is 2.46. The first kappa shape index (κ1) is 15.0. The predicted octanol–water partition coefficient (Wildman–Crippen LogP) is 3.59. The molecule has 1 heterocycles. The second-order valence-electron chi connectivity index (χ2n) is 4.11. The third kappa shape index (κ3) is 2.61. The molecule has 0 radical (unpaired) electrons. The van der Waals surface area contributed by atoms with E-state index in [1.165, 1.54) is 6.92 Å². The molecule has 0 saturated heterocycles. The number of carbonyl (C=O) groups is 1. The molecule has 0 aliphatic heterocycles. The molecule has 0 fully saturated rings. The van der Waals surface area contributed by atoms with E-state index in [0.29, 0.717) is 6.07 Å². The molecular weight excluding hydrogens is 294 g/mol. The number of esters is 1. The lowest BCUT2D eigenvalue weighted by Crippen LogP contribution is -2.11. The van der Waals surface area contributed by atoms with E-state index in [-0.39, 0.29) is 11.3 Å². The SMILES string of the molecule is COC(=O)c1c(-c2c(F)cccc2C(F)(F)F)noc1C. The number of methoxy groups -OCH3 is 1. The number of benzene rings is 1. The lowest BCUT2D eigenvalue weighted by Gasteiger charge is -2.12. The molecule has 0 amide bonds. The van der Waals surface area contributed by atoms with Crippen molar-refractivity contribution in [3.8, 4) is 11.3 Å². The van der Waals surface area contributed by atoms with Crippen LogP contribution in [0.4, 0.5) is 17.6 Å². The van der Waals surface area contributed by atoms with E-state index in [9.17, 15) is 22.4 Å². The summed E-state index contributed by atoms with van der Waals surface area (Å²) in [5, 5.41) is 3.37. The van der Waals surface area contributed by atoms with Crippen LogP contribution in [-0.4, -0.2) is 18.2 Å². The first-order chi connectivity index (χ1) is 9.77. The molecule has 1 aromatic heterocycles. The van der Waals surface area contributed by atoms with Gasteiger partial charge in [-0.1, -0.05) is 11.2 Å². The number of carbonyl (C=O) groups excluding carboxylic acids is 1. The van der Waals surface area contributed by atoms with Gasteiger partial charge in [-0.25, -0.2) is 9.18 Å². The average Bonchev–Trinajstić information content (AvgIpc) is 2.78. The van der Waals surface area contributed by atoms with Crippen molar-refractivity contribution in [3.05, 3.63) is 40.9 Å². The van der Waals surface area contributed by atoms with Crippen LogP contribution in [0.2, 0.25) is 0 Å². The van der Waals surface area contributed by atoms with Gasteiger partial charge in [0.2, 0.25) is 0 Å².